The molecule has 2 fully saturated rings. The van der Waals surface area contributed by atoms with Gasteiger partial charge in [-0.15, -0.1) is 0 Å². The van der Waals surface area contributed by atoms with Crippen molar-refractivity contribution >= 4 is 38.3 Å². The normalized spacial score (nSPS) is 19.6. The molecule has 1 aromatic heterocycles. The van der Waals surface area contributed by atoms with Gasteiger partial charge in [0.15, 0.2) is 5.13 Å². The van der Waals surface area contributed by atoms with E-state index in [-0.39, 0.29) is 5.92 Å². The minimum absolute atomic E-state index is 0.118. The van der Waals surface area contributed by atoms with E-state index in [1.54, 1.807) is 11.3 Å². The third-order valence-electron chi connectivity index (χ3n) is 7.05. The largest absolute Gasteiger partial charge is 0.494 e. The predicted molar refractivity (Wildman–Crippen MR) is 140 cm³/mol. The van der Waals surface area contributed by atoms with E-state index in [4.69, 9.17) is 9.72 Å². The van der Waals surface area contributed by atoms with Crippen LogP contribution >= 0.6 is 11.3 Å². The molecule has 2 saturated heterocycles. The number of carbonyl (C=O) groups excluding carboxylic acids is 1. The minimum Gasteiger partial charge on any atom is -0.494 e. The fourth-order valence-corrected chi connectivity index (χ4v) is 6.25. The number of ether oxygens (including phenoxy) is 1. The molecule has 0 N–H and O–H groups in total. The number of fused-ring (bicyclic) bond motifs is 1. The molecule has 180 valence electrons. The first-order valence-corrected chi connectivity index (χ1v) is 13.2. The number of piperidine rings is 1. The van der Waals surface area contributed by atoms with Crippen LogP contribution in [-0.2, 0) is 4.79 Å². The summed E-state index contributed by atoms with van der Waals surface area (Å²) in [5, 5.41) is 1.05. The Morgan fingerprint density at radius 2 is 1.94 bits per heavy atom. The molecule has 0 unspecified atom stereocenters. The number of thiazole rings is 1. The lowest BCUT2D eigenvalue weighted by Gasteiger charge is -2.43. The molecule has 1 atom stereocenters. The Hall–Kier alpha value is -2.80. The molecule has 3 aromatic rings. The van der Waals surface area contributed by atoms with Gasteiger partial charge in [-0.2, -0.15) is 0 Å². The zero-order chi connectivity index (χ0) is 23.7. The van der Waals surface area contributed by atoms with Crippen molar-refractivity contribution in [3.63, 3.8) is 0 Å². The van der Waals surface area contributed by atoms with Crippen LogP contribution in [0.4, 0.5) is 10.8 Å². The van der Waals surface area contributed by atoms with E-state index in [0.29, 0.717) is 18.6 Å². The first-order chi connectivity index (χ1) is 16.5. The monoisotopic (exact) mass is 478 g/mol. The summed E-state index contributed by atoms with van der Waals surface area (Å²) in [6, 6.07) is 15.1. The molecule has 2 aliphatic heterocycles. The molecule has 0 saturated carbocycles. The Balaban J connectivity index is 1.17. The van der Waals surface area contributed by atoms with E-state index in [1.165, 1.54) is 11.3 Å². The van der Waals surface area contributed by atoms with Crippen molar-refractivity contribution < 1.29 is 9.53 Å². The first-order valence-electron chi connectivity index (χ1n) is 12.4. The van der Waals surface area contributed by atoms with Gasteiger partial charge in [0.1, 0.15) is 5.75 Å². The van der Waals surface area contributed by atoms with Gasteiger partial charge in [-0.05, 0) is 69.5 Å². The quantitative estimate of drug-likeness (QED) is 0.519. The van der Waals surface area contributed by atoms with Gasteiger partial charge < -0.3 is 19.4 Å². The van der Waals surface area contributed by atoms with Crippen molar-refractivity contribution in [3.05, 3.63) is 48.0 Å². The van der Waals surface area contributed by atoms with E-state index >= 15 is 0 Å². The molecule has 0 bridgehead atoms. The van der Waals surface area contributed by atoms with Crippen molar-refractivity contribution in [2.24, 2.45) is 5.92 Å². The molecule has 0 radical (unpaired) electrons. The van der Waals surface area contributed by atoms with Crippen molar-refractivity contribution in [1.82, 2.24) is 9.88 Å². The van der Waals surface area contributed by atoms with Gasteiger partial charge in [0.05, 0.1) is 16.8 Å². The highest BCUT2D eigenvalue weighted by molar-refractivity contribution is 7.22. The molecular formula is C27H34N4O2S. The van der Waals surface area contributed by atoms with Crippen LogP contribution in [-0.4, -0.2) is 61.2 Å². The van der Waals surface area contributed by atoms with Gasteiger partial charge in [0, 0.05) is 50.4 Å². The molecule has 0 aliphatic carbocycles. The summed E-state index contributed by atoms with van der Waals surface area (Å²) < 4.78 is 6.78. The maximum Gasteiger partial charge on any atom is 0.225 e. The maximum absolute atomic E-state index is 13.3. The smallest absolute Gasteiger partial charge is 0.225 e. The zero-order valence-electron chi connectivity index (χ0n) is 20.4. The maximum atomic E-state index is 13.3. The lowest BCUT2D eigenvalue weighted by molar-refractivity contribution is -0.137. The fraction of sp³-hybridized carbons (Fsp3) is 0.481. The molecule has 0 spiro atoms. The van der Waals surface area contributed by atoms with E-state index in [9.17, 15) is 4.79 Å². The van der Waals surface area contributed by atoms with Crippen LogP contribution in [0.15, 0.2) is 42.5 Å². The number of rotatable bonds is 5. The third-order valence-corrected chi connectivity index (χ3v) is 8.13. The van der Waals surface area contributed by atoms with Crippen LogP contribution in [0.2, 0.25) is 0 Å². The van der Waals surface area contributed by atoms with E-state index < -0.39 is 0 Å². The lowest BCUT2D eigenvalue weighted by Crippen LogP contribution is -2.55. The molecule has 2 aromatic carbocycles. The van der Waals surface area contributed by atoms with Crippen LogP contribution < -0.4 is 14.5 Å². The number of nitrogens with zero attached hydrogens (tertiary/aromatic N) is 4. The van der Waals surface area contributed by atoms with Crippen molar-refractivity contribution in [2.75, 3.05) is 49.1 Å². The standard InChI is InChI=1S/C27H34N4O2S/c1-4-33-23-8-9-24-25(17-23)34-27(28-24)29-12-10-21(11-13-29)26(32)30-14-15-31(20(3)18-30)22-7-5-6-19(2)16-22/h5-9,16-17,20-21H,4,10-15,18H2,1-3H3/t20-/m0/s1. The number of benzene rings is 2. The van der Waals surface area contributed by atoms with Gasteiger partial charge in [0.25, 0.3) is 0 Å². The summed E-state index contributed by atoms with van der Waals surface area (Å²) >= 11 is 1.71. The lowest BCUT2D eigenvalue weighted by atomic mass is 9.95. The Kier molecular flexibility index (Phi) is 6.63. The Morgan fingerprint density at radius 3 is 2.68 bits per heavy atom. The molecule has 3 heterocycles. The number of amides is 1. The number of hydrogen-bond acceptors (Lipinski definition) is 6. The Bertz CT molecular complexity index is 1150. The van der Waals surface area contributed by atoms with E-state index in [2.05, 4.69) is 58.9 Å². The van der Waals surface area contributed by atoms with E-state index in [1.807, 2.05) is 19.1 Å². The number of carbonyl (C=O) groups is 1. The zero-order valence-corrected chi connectivity index (χ0v) is 21.2. The summed E-state index contributed by atoms with van der Waals surface area (Å²) in [4.78, 5) is 25.1. The van der Waals surface area contributed by atoms with Gasteiger partial charge in [-0.1, -0.05) is 23.5 Å². The number of aromatic nitrogens is 1. The average Bonchev–Trinajstić information content (AvgIpc) is 3.27. The molecule has 2 aliphatic rings. The number of aryl methyl sites for hydroxylation is 1. The van der Waals surface area contributed by atoms with Gasteiger partial charge in [0.2, 0.25) is 5.91 Å². The molecule has 34 heavy (non-hydrogen) atoms. The fourth-order valence-electron chi connectivity index (χ4n) is 5.21. The first kappa shape index (κ1) is 23.0. The van der Waals surface area contributed by atoms with Gasteiger partial charge in [-0.3, -0.25) is 4.79 Å². The average molecular weight is 479 g/mol. The topological polar surface area (TPSA) is 48.9 Å². The second-order valence-electron chi connectivity index (χ2n) is 9.49. The van der Waals surface area contributed by atoms with Gasteiger partial charge >= 0.3 is 0 Å². The van der Waals surface area contributed by atoms with Crippen LogP contribution in [0.25, 0.3) is 10.2 Å². The summed E-state index contributed by atoms with van der Waals surface area (Å²) in [5.41, 5.74) is 3.55. The molecule has 1 amide bonds. The highest BCUT2D eigenvalue weighted by Gasteiger charge is 2.33. The predicted octanol–water partition coefficient (Wildman–Crippen LogP) is 4.96. The third kappa shape index (κ3) is 4.71. The van der Waals surface area contributed by atoms with Crippen LogP contribution in [0.1, 0.15) is 32.3 Å². The second-order valence-corrected chi connectivity index (χ2v) is 10.5. The molecular weight excluding hydrogens is 444 g/mol. The molecule has 7 heteroatoms. The van der Waals surface area contributed by atoms with Crippen LogP contribution in [0, 0.1) is 12.8 Å². The Labute approximate surface area is 206 Å². The second kappa shape index (κ2) is 9.82. The van der Waals surface area contributed by atoms with E-state index in [0.717, 1.165) is 66.7 Å². The van der Waals surface area contributed by atoms with Gasteiger partial charge in [-0.25, -0.2) is 4.98 Å². The van der Waals surface area contributed by atoms with Crippen LogP contribution in [0.5, 0.6) is 5.75 Å². The SMILES string of the molecule is CCOc1ccc2nc(N3CCC(C(=O)N4CCN(c5cccc(C)c5)[C@@H](C)C4)CC3)sc2c1. The minimum atomic E-state index is 0.118. The number of hydrogen-bond donors (Lipinski definition) is 0. The highest BCUT2D eigenvalue weighted by atomic mass is 32.1. The van der Waals surface area contributed by atoms with Crippen molar-refractivity contribution in [2.45, 2.75) is 39.7 Å². The van der Waals surface area contributed by atoms with Crippen LogP contribution in [0.3, 0.4) is 0 Å². The van der Waals surface area contributed by atoms with Crippen molar-refractivity contribution in [3.8, 4) is 5.75 Å². The summed E-state index contributed by atoms with van der Waals surface area (Å²) in [6.07, 6.45) is 1.79. The summed E-state index contributed by atoms with van der Waals surface area (Å²) in [5.74, 6) is 1.35. The van der Waals surface area contributed by atoms with Crippen molar-refractivity contribution in [1.29, 1.82) is 0 Å². The number of piperazine rings is 1. The number of anilines is 2. The Morgan fingerprint density at radius 1 is 1.12 bits per heavy atom. The molecule has 5 rings (SSSR count). The highest BCUT2D eigenvalue weighted by Crippen LogP contribution is 2.34. The molecule has 6 nitrogen and oxygen atoms in total. The summed E-state index contributed by atoms with van der Waals surface area (Å²) in [6.45, 7) is 11.3. The summed E-state index contributed by atoms with van der Waals surface area (Å²) in [7, 11) is 0.